The van der Waals surface area contributed by atoms with Gasteiger partial charge in [-0.1, -0.05) is 55.0 Å². The third-order valence-electron chi connectivity index (χ3n) is 2.62. The summed E-state index contributed by atoms with van der Waals surface area (Å²) in [5, 5.41) is 0. The first kappa shape index (κ1) is 22.4. The van der Waals surface area contributed by atoms with Gasteiger partial charge >= 0.3 is 26.2 Å². The van der Waals surface area contributed by atoms with Crippen molar-refractivity contribution in [3.8, 4) is 11.1 Å². The summed E-state index contributed by atoms with van der Waals surface area (Å²) < 4.78 is 0. The molecule has 2 aromatic carbocycles. The smallest absolute Gasteiger partial charge is 1.00 e. The molecule has 0 saturated carbocycles. The molecule has 1 aliphatic carbocycles. The molecular weight excluding hydrogens is 382 g/mol. The van der Waals surface area contributed by atoms with E-state index in [2.05, 4.69) is 62.1 Å². The molecule has 0 unspecified atom stereocenters. The monoisotopic (exact) mass is 398 g/mol. The second-order valence-corrected chi connectivity index (χ2v) is 7.90. The molecule has 20 heavy (non-hydrogen) atoms. The summed E-state index contributed by atoms with van der Waals surface area (Å²) in [6.45, 7) is 6.81. The summed E-state index contributed by atoms with van der Waals surface area (Å²) in [4.78, 5) is 0. The minimum absolute atomic E-state index is 0. The predicted molar refractivity (Wildman–Crippen MR) is 76.9 cm³/mol. The van der Waals surface area contributed by atoms with Crippen LogP contribution in [0.2, 0.25) is 19.6 Å². The van der Waals surface area contributed by atoms with Gasteiger partial charge in [0.05, 0.1) is 0 Å². The van der Waals surface area contributed by atoms with Gasteiger partial charge in [-0.25, -0.2) is 0 Å². The van der Waals surface area contributed by atoms with E-state index in [1.54, 1.807) is 0 Å². The van der Waals surface area contributed by atoms with Crippen molar-refractivity contribution in [3.63, 3.8) is 0 Å². The topological polar surface area (TPSA) is 0 Å². The SMILES string of the molecule is C[Si](C)C.[Cl-].[Cl-].[Zr+3].[c-]1cccc2c1Cc1ccccc1-2. The van der Waals surface area contributed by atoms with Gasteiger partial charge in [0, 0.05) is 8.80 Å². The Kier molecular flexibility index (Phi) is 12.1. The van der Waals surface area contributed by atoms with Gasteiger partial charge < -0.3 is 24.8 Å². The Bertz CT molecular complexity index is 469. The maximum Gasteiger partial charge on any atom is 3.00 e. The second kappa shape index (κ2) is 10.8. The Morgan fingerprint density at radius 3 is 2.10 bits per heavy atom. The maximum absolute atomic E-state index is 3.30. The van der Waals surface area contributed by atoms with Crippen LogP contribution < -0.4 is 24.8 Å². The first-order valence-corrected chi connectivity index (χ1v) is 9.03. The molecule has 0 amide bonds. The predicted octanol–water partition coefficient (Wildman–Crippen LogP) is -1.57. The zero-order chi connectivity index (χ0) is 12.3. The molecule has 0 atom stereocenters. The van der Waals surface area contributed by atoms with Gasteiger partial charge in [-0.2, -0.15) is 29.8 Å². The number of rotatable bonds is 0. The van der Waals surface area contributed by atoms with Crippen LogP contribution in [0.4, 0.5) is 0 Å². The van der Waals surface area contributed by atoms with E-state index >= 15 is 0 Å². The fourth-order valence-electron chi connectivity index (χ4n) is 2.00. The third-order valence-corrected chi connectivity index (χ3v) is 2.62. The van der Waals surface area contributed by atoms with Crippen molar-refractivity contribution in [2.24, 2.45) is 0 Å². The maximum atomic E-state index is 3.30. The van der Waals surface area contributed by atoms with Crippen molar-refractivity contribution in [3.05, 3.63) is 59.7 Å². The van der Waals surface area contributed by atoms with Gasteiger partial charge in [-0.15, -0.1) is 5.56 Å². The van der Waals surface area contributed by atoms with E-state index in [9.17, 15) is 0 Å². The number of hydrogen-bond acceptors (Lipinski definition) is 0. The van der Waals surface area contributed by atoms with E-state index in [4.69, 9.17) is 0 Å². The second-order valence-electron chi connectivity index (χ2n) is 4.90. The molecule has 0 fully saturated rings. The Morgan fingerprint density at radius 1 is 0.900 bits per heavy atom. The molecule has 0 heterocycles. The average Bonchev–Trinajstić information content (AvgIpc) is 2.66. The molecule has 0 bridgehead atoms. The number of benzene rings is 2. The first-order valence-electron chi connectivity index (χ1n) is 6.03. The fraction of sp³-hybridized carbons (Fsp3) is 0.250. The van der Waals surface area contributed by atoms with E-state index in [0.29, 0.717) is 0 Å². The van der Waals surface area contributed by atoms with Crippen LogP contribution >= 0.6 is 0 Å². The molecular formula is C16H18Cl2SiZr. The van der Waals surface area contributed by atoms with Gasteiger partial charge in [0.25, 0.3) is 0 Å². The summed E-state index contributed by atoms with van der Waals surface area (Å²) in [5.74, 6) is 0. The van der Waals surface area contributed by atoms with E-state index in [1.165, 1.54) is 22.3 Å². The first-order chi connectivity index (χ1) is 8.18. The van der Waals surface area contributed by atoms with Crippen LogP contribution in [0.1, 0.15) is 11.1 Å². The Labute approximate surface area is 155 Å². The molecule has 104 valence electrons. The van der Waals surface area contributed by atoms with Crippen molar-refractivity contribution in [2.45, 2.75) is 26.1 Å². The van der Waals surface area contributed by atoms with Crippen molar-refractivity contribution in [2.75, 3.05) is 0 Å². The van der Waals surface area contributed by atoms with Crippen LogP contribution in [0.15, 0.2) is 42.5 Å². The number of fused-ring (bicyclic) bond motifs is 3. The molecule has 0 aliphatic heterocycles. The van der Waals surface area contributed by atoms with Crippen LogP contribution in [-0.4, -0.2) is 8.80 Å². The van der Waals surface area contributed by atoms with Crippen LogP contribution in [0.25, 0.3) is 11.1 Å². The van der Waals surface area contributed by atoms with Gasteiger partial charge in [0.2, 0.25) is 0 Å². The van der Waals surface area contributed by atoms with E-state index in [1.807, 2.05) is 6.07 Å². The Balaban J connectivity index is 0. The molecule has 0 saturated heterocycles. The van der Waals surface area contributed by atoms with Crippen molar-refractivity contribution >= 4 is 8.80 Å². The standard InChI is InChI=1S/C13H9.C3H9Si.2ClH.Zr/c1-3-7-12-10(5-1)9-11-6-2-4-8-13(11)12;1-4(2)3;;;/h1-5,7-8H,9H2;1-3H3;2*1H;/q-1;;;;+3/p-2. The summed E-state index contributed by atoms with van der Waals surface area (Å²) >= 11 is 0. The minimum Gasteiger partial charge on any atom is -1.00 e. The Morgan fingerprint density at radius 2 is 1.45 bits per heavy atom. The van der Waals surface area contributed by atoms with E-state index < -0.39 is 0 Å². The van der Waals surface area contributed by atoms with E-state index in [0.717, 1.165) is 6.42 Å². The minimum atomic E-state index is 0. The summed E-state index contributed by atoms with van der Waals surface area (Å²) in [6, 6.07) is 18.1. The average molecular weight is 401 g/mol. The van der Waals surface area contributed by atoms with Crippen molar-refractivity contribution in [1.82, 2.24) is 0 Å². The summed E-state index contributed by atoms with van der Waals surface area (Å²) in [7, 11) is 0.120. The van der Waals surface area contributed by atoms with Crippen LogP contribution in [-0.2, 0) is 32.6 Å². The van der Waals surface area contributed by atoms with Crippen molar-refractivity contribution < 1.29 is 51.0 Å². The van der Waals surface area contributed by atoms with Gasteiger partial charge in [-0.3, -0.25) is 0 Å². The number of hydrogen-bond donors (Lipinski definition) is 0. The van der Waals surface area contributed by atoms with E-state index in [-0.39, 0.29) is 59.8 Å². The zero-order valence-electron chi connectivity index (χ0n) is 12.0. The molecule has 2 radical (unpaired) electrons. The molecule has 4 heteroatoms. The fourth-order valence-corrected chi connectivity index (χ4v) is 2.00. The molecule has 0 N–H and O–H groups in total. The normalized spacial score (nSPS) is 9.80. The summed E-state index contributed by atoms with van der Waals surface area (Å²) in [5.41, 5.74) is 5.51. The number of halogens is 2. The molecule has 0 nitrogen and oxygen atoms in total. The zero-order valence-corrected chi connectivity index (χ0v) is 17.0. The largest absolute Gasteiger partial charge is 3.00 e. The van der Waals surface area contributed by atoms with Crippen molar-refractivity contribution in [1.29, 1.82) is 0 Å². The molecule has 2 aromatic rings. The van der Waals surface area contributed by atoms with Crippen LogP contribution in [0, 0.1) is 6.07 Å². The molecule has 3 rings (SSSR count). The molecule has 0 spiro atoms. The summed E-state index contributed by atoms with van der Waals surface area (Å²) in [6.07, 6.45) is 1.05. The Hall–Kier alpha value is 0.120. The third kappa shape index (κ3) is 5.85. The quantitative estimate of drug-likeness (QED) is 0.316. The molecule has 0 aromatic heterocycles. The van der Waals surface area contributed by atoms with Crippen LogP contribution in [0.3, 0.4) is 0 Å². The van der Waals surface area contributed by atoms with Crippen LogP contribution in [0.5, 0.6) is 0 Å². The molecule has 1 aliphatic rings. The van der Waals surface area contributed by atoms with Gasteiger partial charge in [0.1, 0.15) is 0 Å². The van der Waals surface area contributed by atoms with Gasteiger partial charge in [-0.05, 0) is 6.42 Å². The van der Waals surface area contributed by atoms with Gasteiger partial charge in [0.15, 0.2) is 0 Å².